The zero-order valence-corrected chi connectivity index (χ0v) is 28.0. The van der Waals surface area contributed by atoms with Crippen LogP contribution < -0.4 is 14.4 Å². The number of ether oxygens (including phenoxy) is 1. The molecular formula is C31H37Cl2N3O5S2. The molecular weight excluding hydrogens is 629 g/mol. The number of carbonyl (C=O) groups is 2. The lowest BCUT2D eigenvalue weighted by Gasteiger charge is -2.34. The van der Waals surface area contributed by atoms with Gasteiger partial charge in [-0.05, 0) is 87.5 Å². The van der Waals surface area contributed by atoms with E-state index in [0.29, 0.717) is 21.4 Å². The molecule has 3 aromatic carbocycles. The average molecular weight is 667 g/mol. The van der Waals surface area contributed by atoms with Gasteiger partial charge < -0.3 is 15.0 Å². The van der Waals surface area contributed by atoms with Gasteiger partial charge in [0.25, 0.3) is 10.0 Å². The molecule has 3 aromatic rings. The van der Waals surface area contributed by atoms with Crippen LogP contribution in [0.2, 0.25) is 10.0 Å². The van der Waals surface area contributed by atoms with Gasteiger partial charge in [-0.1, -0.05) is 48.3 Å². The summed E-state index contributed by atoms with van der Waals surface area (Å²) >= 11 is 14.1. The molecule has 0 saturated carbocycles. The molecule has 232 valence electrons. The van der Waals surface area contributed by atoms with Gasteiger partial charge in [-0.3, -0.25) is 13.9 Å². The minimum Gasteiger partial charge on any atom is -0.492 e. The van der Waals surface area contributed by atoms with Gasteiger partial charge in [-0.25, -0.2) is 8.42 Å². The van der Waals surface area contributed by atoms with Crippen molar-refractivity contribution < 1.29 is 22.7 Å². The number of nitrogens with zero attached hydrogens (tertiary/aromatic N) is 2. The number of nitrogens with one attached hydrogen (secondary N) is 1. The number of amides is 2. The molecule has 0 aliphatic rings. The van der Waals surface area contributed by atoms with E-state index in [0.717, 1.165) is 9.20 Å². The van der Waals surface area contributed by atoms with Crippen molar-refractivity contribution in [2.24, 2.45) is 0 Å². The quantitative estimate of drug-likeness (QED) is 0.194. The fourth-order valence-electron chi connectivity index (χ4n) is 4.46. The first-order chi connectivity index (χ1) is 20.4. The van der Waals surface area contributed by atoms with Crippen molar-refractivity contribution in [1.29, 1.82) is 0 Å². The molecule has 1 N–H and O–H groups in total. The summed E-state index contributed by atoms with van der Waals surface area (Å²) in [5.41, 5.74) is 0.766. The number of halogens is 2. The second-order valence-electron chi connectivity index (χ2n) is 9.93. The van der Waals surface area contributed by atoms with Crippen molar-refractivity contribution in [3.05, 3.63) is 82.3 Å². The Hall–Kier alpha value is -2.92. The Morgan fingerprint density at radius 1 is 1.00 bits per heavy atom. The molecule has 8 nitrogen and oxygen atoms in total. The summed E-state index contributed by atoms with van der Waals surface area (Å²) in [5, 5.41) is 3.62. The number of hydrogen-bond donors (Lipinski definition) is 1. The van der Waals surface area contributed by atoms with E-state index >= 15 is 0 Å². The second kappa shape index (κ2) is 15.7. The van der Waals surface area contributed by atoms with Gasteiger partial charge in [-0.2, -0.15) is 0 Å². The molecule has 0 unspecified atom stereocenters. The first-order valence-corrected chi connectivity index (χ1v) is 17.3. The molecule has 0 aliphatic carbocycles. The predicted molar refractivity (Wildman–Crippen MR) is 175 cm³/mol. The van der Waals surface area contributed by atoms with Gasteiger partial charge in [0.1, 0.15) is 18.3 Å². The maximum Gasteiger partial charge on any atom is 0.264 e. The van der Waals surface area contributed by atoms with Crippen molar-refractivity contribution >= 4 is 62.5 Å². The van der Waals surface area contributed by atoms with Crippen LogP contribution in [0.15, 0.2) is 76.5 Å². The standard InChI is InChI=1S/C31H37Cl2N3O5S2/c1-6-27(31(38)34-21(3)4)35(19-22-12-13-23(32)18-26(22)33)30(37)20-36(28-10-8-9-11-29(28)41-7-2)43(39,40)25-16-14-24(42-5)15-17-25/h8-18,21,27H,6-7,19-20H2,1-5H3,(H,34,38)/t27-/m0/s1. The van der Waals surface area contributed by atoms with E-state index in [-0.39, 0.29) is 42.1 Å². The molecule has 0 aromatic heterocycles. The molecule has 2 amide bonds. The van der Waals surface area contributed by atoms with Gasteiger partial charge >= 0.3 is 0 Å². The summed E-state index contributed by atoms with van der Waals surface area (Å²) < 4.78 is 35.2. The Labute approximate surface area is 268 Å². The SMILES string of the molecule is CCOc1ccccc1N(CC(=O)N(Cc1ccc(Cl)cc1Cl)[C@@H](CC)C(=O)NC(C)C)S(=O)(=O)c1ccc(SC)cc1. The van der Waals surface area contributed by atoms with Crippen LogP contribution in [0, 0.1) is 0 Å². The van der Waals surface area contributed by atoms with Crippen molar-refractivity contribution in [3.8, 4) is 5.75 Å². The molecule has 1 atom stereocenters. The Kier molecular flexibility index (Phi) is 12.6. The van der Waals surface area contributed by atoms with Crippen LogP contribution in [-0.2, 0) is 26.2 Å². The van der Waals surface area contributed by atoms with E-state index in [9.17, 15) is 18.0 Å². The fraction of sp³-hybridized carbons (Fsp3) is 0.355. The third-order valence-corrected chi connectivity index (χ3v) is 9.64. The molecule has 0 fully saturated rings. The van der Waals surface area contributed by atoms with E-state index < -0.39 is 28.5 Å². The van der Waals surface area contributed by atoms with E-state index in [1.54, 1.807) is 68.4 Å². The summed E-state index contributed by atoms with van der Waals surface area (Å²) in [6.07, 6.45) is 2.18. The summed E-state index contributed by atoms with van der Waals surface area (Å²) in [6.45, 7) is 6.90. The fourth-order valence-corrected chi connectivity index (χ4v) is 6.76. The summed E-state index contributed by atoms with van der Waals surface area (Å²) in [4.78, 5) is 29.9. The molecule has 0 aliphatic heterocycles. The molecule has 0 heterocycles. The average Bonchev–Trinajstić information content (AvgIpc) is 2.97. The smallest absolute Gasteiger partial charge is 0.264 e. The van der Waals surface area contributed by atoms with Crippen LogP contribution in [0.25, 0.3) is 0 Å². The number of para-hydroxylation sites is 2. The van der Waals surface area contributed by atoms with E-state index in [1.165, 1.54) is 28.8 Å². The molecule has 0 spiro atoms. The van der Waals surface area contributed by atoms with Crippen LogP contribution in [-0.4, -0.2) is 56.6 Å². The summed E-state index contributed by atoms with van der Waals surface area (Å²) in [5.74, 6) is -0.640. The zero-order chi connectivity index (χ0) is 31.7. The molecule has 43 heavy (non-hydrogen) atoms. The Bertz CT molecular complexity index is 1520. The van der Waals surface area contributed by atoms with Crippen LogP contribution in [0.4, 0.5) is 5.69 Å². The molecule has 12 heteroatoms. The number of sulfonamides is 1. The van der Waals surface area contributed by atoms with Crippen LogP contribution in [0.5, 0.6) is 5.75 Å². The van der Waals surface area contributed by atoms with Crippen molar-refractivity contribution in [2.75, 3.05) is 23.7 Å². The largest absolute Gasteiger partial charge is 0.492 e. The highest BCUT2D eigenvalue weighted by Crippen LogP contribution is 2.33. The Balaban J connectivity index is 2.14. The van der Waals surface area contributed by atoms with Crippen LogP contribution in [0.1, 0.15) is 39.7 Å². The van der Waals surface area contributed by atoms with Gasteiger partial charge in [0, 0.05) is 27.5 Å². The molecule has 0 saturated heterocycles. The highest BCUT2D eigenvalue weighted by atomic mass is 35.5. The van der Waals surface area contributed by atoms with Crippen molar-refractivity contribution in [1.82, 2.24) is 10.2 Å². The van der Waals surface area contributed by atoms with Crippen LogP contribution in [0.3, 0.4) is 0 Å². The van der Waals surface area contributed by atoms with E-state index in [4.69, 9.17) is 27.9 Å². The second-order valence-corrected chi connectivity index (χ2v) is 13.5. The van der Waals surface area contributed by atoms with Gasteiger partial charge in [0.15, 0.2) is 0 Å². The third-order valence-electron chi connectivity index (χ3n) is 6.53. The monoisotopic (exact) mass is 665 g/mol. The minimum absolute atomic E-state index is 0.0151. The maximum atomic E-state index is 14.3. The first-order valence-electron chi connectivity index (χ1n) is 13.8. The number of benzene rings is 3. The van der Waals surface area contributed by atoms with Gasteiger partial charge in [0.2, 0.25) is 11.8 Å². The minimum atomic E-state index is -4.25. The Morgan fingerprint density at radius 2 is 1.67 bits per heavy atom. The number of carbonyl (C=O) groups excluding carboxylic acids is 2. The van der Waals surface area contributed by atoms with Gasteiger partial charge in [-0.15, -0.1) is 11.8 Å². The number of rotatable bonds is 14. The first kappa shape index (κ1) is 34.6. The summed E-state index contributed by atoms with van der Waals surface area (Å²) in [7, 11) is -4.25. The molecule has 0 radical (unpaired) electrons. The predicted octanol–water partition coefficient (Wildman–Crippen LogP) is 6.64. The van der Waals surface area contributed by atoms with Crippen LogP contribution >= 0.6 is 35.0 Å². The maximum absolute atomic E-state index is 14.3. The molecule has 3 rings (SSSR count). The van der Waals surface area contributed by atoms with E-state index in [1.807, 2.05) is 20.1 Å². The lowest BCUT2D eigenvalue weighted by Crippen LogP contribution is -2.53. The number of anilines is 1. The zero-order valence-electron chi connectivity index (χ0n) is 24.8. The highest BCUT2D eigenvalue weighted by Gasteiger charge is 2.35. The summed E-state index contributed by atoms with van der Waals surface area (Å²) in [6, 6.07) is 16.9. The Morgan fingerprint density at radius 3 is 2.26 bits per heavy atom. The molecule has 0 bridgehead atoms. The highest BCUT2D eigenvalue weighted by molar-refractivity contribution is 7.98. The topological polar surface area (TPSA) is 96.0 Å². The van der Waals surface area contributed by atoms with E-state index in [2.05, 4.69) is 5.32 Å². The van der Waals surface area contributed by atoms with Gasteiger partial charge in [0.05, 0.1) is 17.2 Å². The normalized spacial score (nSPS) is 12.1. The lowest BCUT2D eigenvalue weighted by molar-refractivity contribution is -0.140. The number of thioether (sulfide) groups is 1. The van der Waals surface area contributed by atoms with Crippen molar-refractivity contribution in [3.63, 3.8) is 0 Å². The lowest BCUT2D eigenvalue weighted by atomic mass is 10.1. The number of hydrogen-bond acceptors (Lipinski definition) is 6. The van der Waals surface area contributed by atoms with Crippen molar-refractivity contribution in [2.45, 2.75) is 62.5 Å². The third kappa shape index (κ3) is 8.81.